The highest BCUT2D eigenvalue weighted by molar-refractivity contribution is 14.0. The van der Waals surface area contributed by atoms with Gasteiger partial charge in [-0.1, -0.05) is 12.5 Å². The van der Waals surface area contributed by atoms with E-state index in [9.17, 15) is 0 Å². The second-order valence-corrected chi connectivity index (χ2v) is 6.81. The minimum Gasteiger partial charge on any atom is -0.481 e. The standard InChI is InChI=1S/C18H31N5O.HI/c1-18(2,23-11-6-5-7-12-23)14-22-17(19-3)21-13-15-9-8-10-20-16(15)24-4;/h8-10H,5-7,11-14H2,1-4H3,(H2,19,21,22);1H. The minimum absolute atomic E-state index is 0. The first kappa shape index (κ1) is 22.0. The summed E-state index contributed by atoms with van der Waals surface area (Å²) in [6.07, 6.45) is 5.70. The van der Waals surface area contributed by atoms with Gasteiger partial charge in [0.05, 0.1) is 7.11 Å². The fourth-order valence-corrected chi connectivity index (χ4v) is 3.05. The van der Waals surface area contributed by atoms with Crippen LogP contribution in [0.4, 0.5) is 0 Å². The zero-order chi connectivity index (χ0) is 17.4. The number of nitrogens with one attached hydrogen (secondary N) is 2. The van der Waals surface area contributed by atoms with Crippen LogP contribution in [0.1, 0.15) is 38.7 Å². The van der Waals surface area contributed by atoms with Gasteiger partial charge in [-0.25, -0.2) is 4.98 Å². The summed E-state index contributed by atoms with van der Waals surface area (Å²) in [7, 11) is 3.43. The van der Waals surface area contributed by atoms with Crippen molar-refractivity contribution < 1.29 is 4.74 Å². The van der Waals surface area contributed by atoms with Crippen molar-refractivity contribution in [1.82, 2.24) is 20.5 Å². The summed E-state index contributed by atoms with van der Waals surface area (Å²) >= 11 is 0. The average molecular weight is 461 g/mol. The lowest BCUT2D eigenvalue weighted by atomic mass is 9.98. The third-order valence-electron chi connectivity index (χ3n) is 4.61. The molecule has 1 aliphatic heterocycles. The van der Waals surface area contributed by atoms with Gasteiger partial charge in [-0.15, -0.1) is 24.0 Å². The molecule has 1 saturated heterocycles. The van der Waals surface area contributed by atoms with Gasteiger partial charge in [0.25, 0.3) is 0 Å². The number of aromatic nitrogens is 1. The molecule has 2 N–H and O–H groups in total. The lowest BCUT2D eigenvalue weighted by molar-refractivity contribution is 0.0982. The zero-order valence-electron chi connectivity index (χ0n) is 15.8. The number of ether oxygens (including phenoxy) is 1. The maximum Gasteiger partial charge on any atom is 0.218 e. The van der Waals surface area contributed by atoms with Gasteiger partial charge >= 0.3 is 0 Å². The number of guanidine groups is 1. The highest BCUT2D eigenvalue weighted by atomic mass is 127. The molecule has 0 aromatic carbocycles. The lowest BCUT2D eigenvalue weighted by Gasteiger charge is -2.41. The highest BCUT2D eigenvalue weighted by Crippen LogP contribution is 2.19. The summed E-state index contributed by atoms with van der Waals surface area (Å²) < 4.78 is 5.29. The molecule has 25 heavy (non-hydrogen) atoms. The Morgan fingerprint density at radius 1 is 1.28 bits per heavy atom. The molecule has 1 fully saturated rings. The van der Waals surface area contributed by atoms with Crippen molar-refractivity contribution in [3.05, 3.63) is 23.9 Å². The second kappa shape index (κ2) is 10.8. The van der Waals surface area contributed by atoms with Gasteiger partial charge in [0.15, 0.2) is 5.96 Å². The van der Waals surface area contributed by atoms with Crippen molar-refractivity contribution >= 4 is 29.9 Å². The van der Waals surface area contributed by atoms with Crippen molar-refractivity contribution in [2.75, 3.05) is 33.8 Å². The molecule has 1 aliphatic rings. The van der Waals surface area contributed by atoms with Gasteiger partial charge in [0, 0.05) is 37.4 Å². The first-order chi connectivity index (χ1) is 11.6. The fourth-order valence-electron chi connectivity index (χ4n) is 3.05. The minimum atomic E-state index is 0. The molecule has 0 radical (unpaired) electrons. The molecule has 6 nitrogen and oxygen atoms in total. The van der Waals surface area contributed by atoms with Crippen molar-refractivity contribution in [2.45, 2.75) is 45.2 Å². The Labute approximate surface area is 168 Å². The Balaban J connectivity index is 0.00000312. The Hall–Kier alpha value is -1.09. The van der Waals surface area contributed by atoms with Crippen LogP contribution in [0.15, 0.2) is 23.3 Å². The molecular weight excluding hydrogens is 429 g/mol. The quantitative estimate of drug-likeness (QED) is 0.388. The summed E-state index contributed by atoms with van der Waals surface area (Å²) in [6, 6.07) is 3.92. The summed E-state index contributed by atoms with van der Waals surface area (Å²) in [4.78, 5) is 11.1. The van der Waals surface area contributed by atoms with Gasteiger partial charge < -0.3 is 15.4 Å². The van der Waals surface area contributed by atoms with Crippen LogP contribution in [0.2, 0.25) is 0 Å². The molecule has 2 heterocycles. The van der Waals surface area contributed by atoms with E-state index in [0.29, 0.717) is 12.4 Å². The zero-order valence-corrected chi connectivity index (χ0v) is 18.2. The van der Waals surface area contributed by atoms with Gasteiger partial charge in [0.2, 0.25) is 5.88 Å². The van der Waals surface area contributed by atoms with E-state index in [1.54, 1.807) is 20.4 Å². The number of pyridine rings is 1. The van der Waals surface area contributed by atoms with Crippen LogP contribution in [0.5, 0.6) is 5.88 Å². The van der Waals surface area contributed by atoms with Crippen LogP contribution >= 0.6 is 24.0 Å². The Kier molecular flexibility index (Phi) is 9.48. The SMILES string of the molecule is CN=C(NCc1cccnc1OC)NCC(C)(C)N1CCCCC1.I. The van der Waals surface area contributed by atoms with Gasteiger partial charge in [0.1, 0.15) is 0 Å². The summed E-state index contributed by atoms with van der Waals surface area (Å²) in [5.74, 6) is 1.44. The normalized spacial score (nSPS) is 16.1. The average Bonchev–Trinajstić information content (AvgIpc) is 2.63. The maximum atomic E-state index is 5.29. The van der Waals surface area contributed by atoms with E-state index in [-0.39, 0.29) is 29.5 Å². The predicted molar refractivity (Wildman–Crippen MR) is 114 cm³/mol. The molecule has 2 rings (SSSR count). The number of nitrogens with zero attached hydrogens (tertiary/aromatic N) is 3. The third kappa shape index (κ3) is 6.62. The molecule has 0 atom stereocenters. The molecule has 7 heteroatoms. The molecule has 0 aliphatic carbocycles. The smallest absolute Gasteiger partial charge is 0.218 e. The number of rotatable bonds is 6. The predicted octanol–water partition coefficient (Wildman–Crippen LogP) is 2.64. The van der Waals surface area contributed by atoms with Crippen molar-refractivity contribution in [3.63, 3.8) is 0 Å². The molecular formula is C18H32IN5O. The topological polar surface area (TPSA) is 61.8 Å². The lowest BCUT2D eigenvalue weighted by Crippen LogP contribution is -2.54. The largest absolute Gasteiger partial charge is 0.481 e. The fraction of sp³-hybridized carbons (Fsp3) is 0.667. The van der Waals surface area contributed by atoms with Crippen LogP contribution in [0, 0.1) is 0 Å². The van der Waals surface area contributed by atoms with E-state index < -0.39 is 0 Å². The van der Waals surface area contributed by atoms with Crippen LogP contribution in [-0.4, -0.2) is 55.2 Å². The van der Waals surface area contributed by atoms with Crippen molar-refractivity contribution in [1.29, 1.82) is 0 Å². The Morgan fingerprint density at radius 2 is 2.00 bits per heavy atom. The molecule has 0 bridgehead atoms. The second-order valence-electron chi connectivity index (χ2n) is 6.81. The maximum absolute atomic E-state index is 5.29. The summed E-state index contributed by atoms with van der Waals surface area (Å²) in [5.41, 5.74) is 1.13. The van der Waals surface area contributed by atoms with E-state index in [4.69, 9.17) is 4.74 Å². The Morgan fingerprint density at radius 3 is 2.64 bits per heavy atom. The first-order valence-corrected chi connectivity index (χ1v) is 8.74. The van der Waals surface area contributed by atoms with Gasteiger partial charge in [-0.2, -0.15) is 0 Å². The molecule has 142 valence electrons. The Bertz CT molecular complexity index is 544. The molecule has 0 spiro atoms. The number of hydrogen-bond donors (Lipinski definition) is 2. The first-order valence-electron chi connectivity index (χ1n) is 8.74. The van der Waals surface area contributed by atoms with Crippen LogP contribution < -0.4 is 15.4 Å². The molecule has 0 amide bonds. The molecule has 0 saturated carbocycles. The number of piperidine rings is 1. The van der Waals surface area contributed by atoms with Crippen LogP contribution in [-0.2, 0) is 6.54 Å². The number of halogens is 1. The molecule has 1 aromatic heterocycles. The highest BCUT2D eigenvalue weighted by Gasteiger charge is 2.27. The van der Waals surface area contributed by atoms with E-state index in [1.165, 1.54) is 32.4 Å². The monoisotopic (exact) mass is 461 g/mol. The van der Waals surface area contributed by atoms with E-state index in [1.807, 2.05) is 12.1 Å². The van der Waals surface area contributed by atoms with E-state index in [0.717, 1.165) is 18.1 Å². The van der Waals surface area contributed by atoms with Crippen molar-refractivity contribution in [2.24, 2.45) is 4.99 Å². The van der Waals surface area contributed by atoms with Crippen LogP contribution in [0.3, 0.4) is 0 Å². The number of likely N-dealkylation sites (tertiary alicyclic amines) is 1. The molecule has 0 unspecified atom stereocenters. The van der Waals surface area contributed by atoms with Crippen molar-refractivity contribution in [3.8, 4) is 5.88 Å². The number of hydrogen-bond acceptors (Lipinski definition) is 4. The van der Waals surface area contributed by atoms with E-state index >= 15 is 0 Å². The summed E-state index contributed by atoms with van der Waals surface area (Å²) in [5, 5.41) is 6.79. The van der Waals surface area contributed by atoms with Crippen LogP contribution in [0.25, 0.3) is 0 Å². The third-order valence-corrected chi connectivity index (χ3v) is 4.61. The van der Waals surface area contributed by atoms with E-state index in [2.05, 4.69) is 39.4 Å². The summed E-state index contributed by atoms with van der Waals surface area (Å²) in [6.45, 7) is 8.45. The molecule has 1 aromatic rings. The van der Waals surface area contributed by atoms with Gasteiger partial charge in [-0.05, 0) is 45.8 Å². The van der Waals surface area contributed by atoms with Gasteiger partial charge in [-0.3, -0.25) is 9.89 Å². The number of methoxy groups -OCH3 is 1. The number of aliphatic imine (C=N–C) groups is 1.